The van der Waals surface area contributed by atoms with Crippen molar-refractivity contribution in [3.8, 4) is 0 Å². The molecule has 1 unspecified atom stereocenters. The van der Waals surface area contributed by atoms with Gasteiger partial charge < -0.3 is 20.1 Å². The lowest BCUT2D eigenvalue weighted by molar-refractivity contribution is -0.128. The van der Waals surface area contributed by atoms with Gasteiger partial charge in [0.2, 0.25) is 5.95 Å². The van der Waals surface area contributed by atoms with E-state index in [9.17, 15) is 14.3 Å². The number of aromatic nitrogens is 4. The van der Waals surface area contributed by atoms with Crippen LogP contribution in [0.3, 0.4) is 0 Å². The van der Waals surface area contributed by atoms with Gasteiger partial charge in [-0.2, -0.15) is 4.98 Å². The van der Waals surface area contributed by atoms with Gasteiger partial charge in [0.25, 0.3) is 5.56 Å². The normalized spacial score (nSPS) is 15.5. The Balaban J connectivity index is 2.13. The SMILES string of the molecule is COCC[C@H](OCn1cnc2c(=O)[nH]c(N)nc21)OP(=O)(O)OC. The van der Waals surface area contributed by atoms with Crippen LogP contribution in [0.1, 0.15) is 6.42 Å². The molecule has 0 aliphatic rings. The summed E-state index contributed by atoms with van der Waals surface area (Å²) in [4.78, 5) is 31.3. The van der Waals surface area contributed by atoms with Crippen LogP contribution in [0.2, 0.25) is 0 Å². The Morgan fingerprint density at radius 1 is 1.50 bits per heavy atom. The number of methoxy groups -OCH3 is 1. The molecule has 0 saturated carbocycles. The first-order valence-corrected chi connectivity index (χ1v) is 8.24. The van der Waals surface area contributed by atoms with Gasteiger partial charge in [-0.05, 0) is 0 Å². The maximum absolute atomic E-state index is 11.7. The molecule has 24 heavy (non-hydrogen) atoms. The quantitative estimate of drug-likeness (QED) is 0.401. The van der Waals surface area contributed by atoms with Gasteiger partial charge >= 0.3 is 7.82 Å². The number of nitrogens with one attached hydrogen (secondary N) is 1. The third-order valence-electron chi connectivity index (χ3n) is 2.93. The summed E-state index contributed by atoms with van der Waals surface area (Å²) < 4.78 is 32.5. The fourth-order valence-electron chi connectivity index (χ4n) is 1.80. The smallest absolute Gasteiger partial charge is 0.384 e. The van der Waals surface area contributed by atoms with E-state index in [1.807, 2.05) is 0 Å². The molecule has 0 aliphatic carbocycles. The molecule has 13 heteroatoms. The summed E-state index contributed by atoms with van der Waals surface area (Å²) in [5.74, 6) is -0.0688. The highest BCUT2D eigenvalue weighted by Gasteiger charge is 2.26. The van der Waals surface area contributed by atoms with Gasteiger partial charge in [-0.25, -0.2) is 9.55 Å². The van der Waals surface area contributed by atoms with E-state index in [0.717, 1.165) is 7.11 Å². The largest absolute Gasteiger partial charge is 0.474 e. The van der Waals surface area contributed by atoms with Crippen molar-refractivity contribution in [2.24, 2.45) is 0 Å². The van der Waals surface area contributed by atoms with Crippen LogP contribution in [0, 0.1) is 0 Å². The number of H-pyrrole nitrogens is 1. The van der Waals surface area contributed by atoms with Crippen LogP contribution < -0.4 is 11.3 Å². The van der Waals surface area contributed by atoms with Crippen LogP contribution in [-0.4, -0.2) is 51.5 Å². The summed E-state index contributed by atoms with van der Waals surface area (Å²) in [5, 5.41) is 0. The minimum absolute atomic E-state index is 0.0688. The number of nitrogens with two attached hydrogens (primary N) is 1. The fraction of sp³-hybridized carbons (Fsp3) is 0.545. The molecule has 2 aromatic heterocycles. The van der Waals surface area contributed by atoms with Crippen molar-refractivity contribution in [3.63, 3.8) is 0 Å². The Morgan fingerprint density at radius 3 is 2.92 bits per heavy atom. The second-order valence-corrected chi connectivity index (χ2v) is 6.11. The number of hydrogen-bond acceptors (Lipinski definition) is 9. The number of imidazole rings is 1. The summed E-state index contributed by atoms with van der Waals surface area (Å²) >= 11 is 0. The summed E-state index contributed by atoms with van der Waals surface area (Å²) in [5.41, 5.74) is 5.31. The molecule has 0 aromatic carbocycles. The standard InChI is InChI=1S/C11H18N5O7P/c1-20-4-3-7(23-24(18,19)21-2)22-6-16-5-13-8-9(16)14-11(12)15-10(8)17/h5,7H,3-4,6H2,1-2H3,(H,18,19)(H3,12,14,15,17)/t7-/m1/s1. The molecule has 0 amide bonds. The van der Waals surface area contributed by atoms with E-state index >= 15 is 0 Å². The lowest BCUT2D eigenvalue weighted by Crippen LogP contribution is -2.20. The fourth-order valence-corrected chi connectivity index (χ4v) is 2.35. The van der Waals surface area contributed by atoms with Crippen molar-refractivity contribution in [3.05, 3.63) is 16.7 Å². The maximum Gasteiger partial charge on any atom is 0.474 e. The van der Waals surface area contributed by atoms with Gasteiger partial charge in [0.05, 0.1) is 12.9 Å². The van der Waals surface area contributed by atoms with Crippen molar-refractivity contribution < 1.29 is 28.0 Å². The number of ether oxygens (including phenoxy) is 2. The summed E-state index contributed by atoms with van der Waals surface area (Å²) in [6.45, 7) is 0.0778. The van der Waals surface area contributed by atoms with Crippen LogP contribution in [0.25, 0.3) is 11.2 Å². The van der Waals surface area contributed by atoms with E-state index in [0.29, 0.717) is 0 Å². The second-order valence-electron chi connectivity index (χ2n) is 4.60. The molecule has 0 aliphatic heterocycles. The number of phosphoric acid groups is 1. The average molecular weight is 363 g/mol. The topological polar surface area (TPSA) is 164 Å². The first kappa shape index (κ1) is 18.5. The van der Waals surface area contributed by atoms with Crippen LogP contribution in [-0.2, 0) is 29.8 Å². The number of rotatable bonds is 9. The van der Waals surface area contributed by atoms with E-state index in [1.54, 1.807) is 0 Å². The number of anilines is 1. The minimum atomic E-state index is -4.24. The van der Waals surface area contributed by atoms with Crippen LogP contribution >= 0.6 is 7.82 Å². The van der Waals surface area contributed by atoms with Gasteiger partial charge in [0.15, 0.2) is 17.5 Å². The number of nitrogens with zero attached hydrogens (tertiary/aromatic N) is 3. The van der Waals surface area contributed by atoms with E-state index in [4.69, 9.17) is 19.7 Å². The molecular weight excluding hydrogens is 345 g/mol. The van der Waals surface area contributed by atoms with Crippen LogP contribution in [0.15, 0.2) is 11.1 Å². The molecule has 2 heterocycles. The Hall–Kier alpha value is -1.82. The van der Waals surface area contributed by atoms with Gasteiger partial charge in [0.1, 0.15) is 6.73 Å². The highest BCUT2D eigenvalue weighted by molar-refractivity contribution is 7.47. The summed E-state index contributed by atoms with van der Waals surface area (Å²) in [7, 11) is -1.73. The molecule has 0 bridgehead atoms. The number of fused-ring (bicyclic) bond motifs is 1. The molecule has 0 fully saturated rings. The first-order valence-electron chi connectivity index (χ1n) is 6.74. The Morgan fingerprint density at radius 2 is 2.25 bits per heavy atom. The molecular formula is C11H18N5O7P. The molecule has 4 N–H and O–H groups in total. The van der Waals surface area contributed by atoms with E-state index < -0.39 is 19.7 Å². The van der Waals surface area contributed by atoms with Crippen molar-refractivity contribution in [2.45, 2.75) is 19.4 Å². The zero-order valence-electron chi connectivity index (χ0n) is 13.0. The van der Waals surface area contributed by atoms with Crippen LogP contribution in [0.4, 0.5) is 5.95 Å². The number of nitrogen functional groups attached to an aromatic ring is 1. The van der Waals surface area contributed by atoms with Crippen LogP contribution in [0.5, 0.6) is 0 Å². The lowest BCUT2D eigenvalue weighted by Gasteiger charge is -2.20. The summed E-state index contributed by atoms with van der Waals surface area (Å²) in [6.07, 6.45) is 0.416. The predicted octanol–water partition coefficient (Wildman–Crippen LogP) is -0.198. The Kier molecular flexibility index (Phi) is 6.04. The zero-order chi connectivity index (χ0) is 17.7. The van der Waals surface area contributed by atoms with Gasteiger partial charge in [-0.15, -0.1) is 0 Å². The molecule has 0 spiro atoms. The van der Waals surface area contributed by atoms with E-state index in [-0.39, 0.29) is 36.9 Å². The van der Waals surface area contributed by atoms with Crippen molar-refractivity contribution in [2.75, 3.05) is 26.6 Å². The van der Waals surface area contributed by atoms with Gasteiger partial charge in [0, 0.05) is 20.6 Å². The minimum Gasteiger partial charge on any atom is -0.384 e. The third kappa shape index (κ3) is 4.60. The Labute approximate surface area is 136 Å². The predicted molar refractivity (Wildman–Crippen MR) is 81.8 cm³/mol. The molecule has 0 saturated heterocycles. The average Bonchev–Trinajstić information content (AvgIpc) is 2.93. The summed E-state index contributed by atoms with van der Waals surface area (Å²) in [6, 6.07) is 0. The highest BCUT2D eigenvalue weighted by Crippen LogP contribution is 2.44. The van der Waals surface area contributed by atoms with Crippen molar-refractivity contribution in [1.82, 2.24) is 19.5 Å². The Bertz CT molecular complexity index is 791. The molecule has 0 radical (unpaired) electrons. The maximum atomic E-state index is 11.7. The molecule has 2 atom stereocenters. The number of aromatic amines is 1. The van der Waals surface area contributed by atoms with Gasteiger partial charge in [-0.3, -0.25) is 23.4 Å². The molecule has 134 valence electrons. The molecule has 2 rings (SSSR count). The molecule has 12 nitrogen and oxygen atoms in total. The lowest BCUT2D eigenvalue weighted by atomic mass is 10.4. The number of phosphoric ester groups is 1. The molecule has 2 aromatic rings. The van der Waals surface area contributed by atoms with Crippen molar-refractivity contribution in [1.29, 1.82) is 0 Å². The van der Waals surface area contributed by atoms with E-state index in [1.165, 1.54) is 18.0 Å². The zero-order valence-corrected chi connectivity index (χ0v) is 13.9. The third-order valence-corrected chi connectivity index (χ3v) is 3.89. The second kappa shape index (κ2) is 7.83. The monoisotopic (exact) mass is 363 g/mol. The van der Waals surface area contributed by atoms with Crippen molar-refractivity contribution >= 4 is 24.9 Å². The van der Waals surface area contributed by atoms with E-state index in [2.05, 4.69) is 19.5 Å². The number of hydrogen-bond donors (Lipinski definition) is 3. The first-order chi connectivity index (χ1) is 11.4. The highest BCUT2D eigenvalue weighted by atomic mass is 31.2. The van der Waals surface area contributed by atoms with Gasteiger partial charge in [-0.1, -0.05) is 0 Å².